The predicted molar refractivity (Wildman–Crippen MR) is 136 cm³/mol. The number of benzene rings is 2. The lowest BCUT2D eigenvalue weighted by molar-refractivity contribution is -0.116. The number of hydrogen-bond acceptors (Lipinski definition) is 7. The summed E-state index contributed by atoms with van der Waals surface area (Å²) in [6.07, 6.45) is 2.46. The number of ether oxygens (including phenoxy) is 2. The van der Waals surface area contributed by atoms with Crippen LogP contribution < -0.4 is 15.1 Å². The number of carbonyl (C=O) groups excluding carboxylic acids is 1. The molecule has 1 aromatic heterocycles. The van der Waals surface area contributed by atoms with E-state index in [9.17, 15) is 4.79 Å². The van der Waals surface area contributed by atoms with E-state index in [0.717, 1.165) is 62.0 Å². The summed E-state index contributed by atoms with van der Waals surface area (Å²) in [5, 5.41) is 3.12. The molecule has 0 bridgehead atoms. The van der Waals surface area contributed by atoms with Gasteiger partial charge in [0.05, 0.1) is 44.0 Å². The van der Waals surface area contributed by atoms with E-state index in [1.807, 2.05) is 30.3 Å². The quantitative estimate of drug-likeness (QED) is 0.554. The molecule has 8 heteroatoms. The highest BCUT2D eigenvalue weighted by Crippen LogP contribution is 2.32. The average Bonchev–Trinajstić information content (AvgIpc) is 3.38. The van der Waals surface area contributed by atoms with Crippen molar-refractivity contribution in [1.82, 2.24) is 4.98 Å². The van der Waals surface area contributed by atoms with Gasteiger partial charge in [0.2, 0.25) is 5.91 Å². The van der Waals surface area contributed by atoms with Crippen molar-refractivity contribution in [1.29, 1.82) is 0 Å². The van der Waals surface area contributed by atoms with Gasteiger partial charge in [-0.15, -0.1) is 0 Å². The van der Waals surface area contributed by atoms with Gasteiger partial charge < -0.3 is 29.0 Å². The first kappa shape index (κ1) is 23.4. The van der Waals surface area contributed by atoms with Gasteiger partial charge in [-0.25, -0.2) is 4.98 Å². The highest BCUT2D eigenvalue weighted by atomic mass is 16.5. The monoisotopic (exact) mass is 476 g/mol. The van der Waals surface area contributed by atoms with Crippen molar-refractivity contribution < 1.29 is 18.7 Å². The van der Waals surface area contributed by atoms with Crippen molar-refractivity contribution in [2.24, 2.45) is 0 Å². The Bertz CT molecular complexity index is 1130. The van der Waals surface area contributed by atoms with Crippen LogP contribution >= 0.6 is 0 Å². The fourth-order valence-electron chi connectivity index (χ4n) is 4.42. The zero-order valence-corrected chi connectivity index (χ0v) is 20.2. The minimum Gasteiger partial charge on any atom is -0.441 e. The van der Waals surface area contributed by atoms with Crippen LogP contribution in [0, 0.1) is 6.92 Å². The molecule has 0 spiro atoms. The third-order valence-electron chi connectivity index (χ3n) is 6.44. The molecule has 1 N–H and O–H groups in total. The Morgan fingerprint density at radius 1 is 0.943 bits per heavy atom. The summed E-state index contributed by atoms with van der Waals surface area (Å²) in [7, 11) is 0. The molecule has 2 saturated heterocycles. The molecule has 0 saturated carbocycles. The van der Waals surface area contributed by atoms with Crippen LogP contribution in [0.1, 0.15) is 17.9 Å². The molecular formula is C27H32N4O4. The van der Waals surface area contributed by atoms with Crippen molar-refractivity contribution in [2.45, 2.75) is 19.8 Å². The number of rotatable bonds is 7. The third-order valence-corrected chi connectivity index (χ3v) is 6.44. The van der Waals surface area contributed by atoms with Gasteiger partial charge in [0.15, 0.2) is 11.7 Å². The number of aromatic nitrogens is 1. The molecule has 2 fully saturated rings. The number of nitrogens with zero attached hydrogens (tertiary/aromatic N) is 3. The van der Waals surface area contributed by atoms with Gasteiger partial charge in [0.25, 0.3) is 0 Å². The van der Waals surface area contributed by atoms with E-state index in [4.69, 9.17) is 13.9 Å². The summed E-state index contributed by atoms with van der Waals surface area (Å²) in [5.41, 5.74) is 5.18. The normalized spacial score (nSPS) is 16.4. The Hall–Kier alpha value is -3.36. The van der Waals surface area contributed by atoms with Gasteiger partial charge in [-0.2, -0.15) is 0 Å². The summed E-state index contributed by atoms with van der Waals surface area (Å²) in [6, 6.07) is 14.4. The van der Waals surface area contributed by atoms with Crippen molar-refractivity contribution in [3.05, 3.63) is 60.1 Å². The van der Waals surface area contributed by atoms with Crippen molar-refractivity contribution >= 4 is 23.0 Å². The number of nitrogens with one attached hydrogen (secondary N) is 1. The van der Waals surface area contributed by atoms with E-state index in [-0.39, 0.29) is 5.91 Å². The summed E-state index contributed by atoms with van der Waals surface area (Å²) >= 11 is 0. The molecular weight excluding hydrogens is 444 g/mol. The summed E-state index contributed by atoms with van der Waals surface area (Å²) < 4.78 is 16.9. The first-order valence-corrected chi connectivity index (χ1v) is 12.3. The summed E-state index contributed by atoms with van der Waals surface area (Å²) in [6.45, 7) is 8.22. The Morgan fingerprint density at radius 2 is 1.63 bits per heavy atom. The number of hydrogen-bond donors (Lipinski definition) is 1. The van der Waals surface area contributed by atoms with E-state index >= 15 is 0 Å². The van der Waals surface area contributed by atoms with E-state index in [2.05, 4.69) is 39.2 Å². The second-order valence-electron chi connectivity index (χ2n) is 8.93. The number of carbonyl (C=O) groups is 1. The van der Waals surface area contributed by atoms with Crippen LogP contribution in [0.25, 0.3) is 11.3 Å². The fraction of sp³-hybridized carbons (Fsp3) is 0.407. The first-order valence-electron chi connectivity index (χ1n) is 12.3. The number of amides is 1. The molecule has 2 aromatic carbocycles. The van der Waals surface area contributed by atoms with Crippen LogP contribution in [-0.4, -0.2) is 63.5 Å². The number of oxazole rings is 1. The van der Waals surface area contributed by atoms with Gasteiger partial charge in [0, 0.05) is 50.3 Å². The van der Waals surface area contributed by atoms with Crippen LogP contribution in [0.2, 0.25) is 0 Å². The van der Waals surface area contributed by atoms with Gasteiger partial charge in [0.1, 0.15) is 0 Å². The van der Waals surface area contributed by atoms with Gasteiger partial charge in [-0.05, 0) is 25.1 Å². The molecule has 3 aromatic rings. The Balaban J connectivity index is 1.25. The molecule has 35 heavy (non-hydrogen) atoms. The zero-order chi connectivity index (χ0) is 24.0. The van der Waals surface area contributed by atoms with Crippen molar-refractivity contribution in [3.8, 4) is 11.3 Å². The number of aryl methyl sites for hydroxylation is 2. The summed E-state index contributed by atoms with van der Waals surface area (Å²) in [5.74, 6) is 1.22. The number of anilines is 3. The summed E-state index contributed by atoms with van der Waals surface area (Å²) in [4.78, 5) is 21.8. The van der Waals surface area contributed by atoms with E-state index < -0.39 is 0 Å². The van der Waals surface area contributed by atoms with E-state index in [0.29, 0.717) is 37.7 Å². The lowest BCUT2D eigenvalue weighted by atomic mass is 10.1. The van der Waals surface area contributed by atoms with E-state index in [1.165, 1.54) is 5.56 Å². The van der Waals surface area contributed by atoms with Crippen LogP contribution in [0.5, 0.6) is 0 Å². The van der Waals surface area contributed by atoms with Crippen LogP contribution in [0.4, 0.5) is 17.1 Å². The second kappa shape index (κ2) is 10.9. The molecule has 1 amide bonds. The number of morpholine rings is 2. The molecule has 0 atom stereocenters. The maximum atomic E-state index is 12.9. The highest BCUT2D eigenvalue weighted by molar-refractivity contribution is 5.95. The molecule has 2 aliphatic rings. The lowest BCUT2D eigenvalue weighted by Gasteiger charge is -2.33. The zero-order valence-electron chi connectivity index (χ0n) is 20.2. The molecule has 5 rings (SSSR count). The SMILES string of the molecule is Cc1ccc(-c2cnc(CCC(=O)Nc3ccc(N4CCOCC4)cc3N3CCOCC3)o2)cc1. The van der Waals surface area contributed by atoms with E-state index in [1.54, 1.807) is 6.20 Å². The average molecular weight is 477 g/mol. The smallest absolute Gasteiger partial charge is 0.224 e. The van der Waals surface area contributed by atoms with Crippen LogP contribution in [-0.2, 0) is 20.7 Å². The van der Waals surface area contributed by atoms with Gasteiger partial charge in [-0.1, -0.05) is 29.8 Å². The Labute approximate surface area is 205 Å². The molecule has 0 unspecified atom stereocenters. The standard InChI is InChI=1S/C27H32N4O4/c1-20-2-4-21(5-3-20)25-19-28-27(35-25)9-8-26(32)29-23-7-6-22(30-10-14-33-15-11-30)18-24(23)31-12-16-34-17-13-31/h2-7,18-19H,8-17H2,1H3,(H,29,32). The Morgan fingerprint density at radius 3 is 2.34 bits per heavy atom. The maximum absolute atomic E-state index is 12.9. The maximum Gasteiger partial charge on any atom is 0.224 e. The molecule has 2 aliphatic heterocycles. The van der Waals surface area contributed by atoms with Gasteiger partial charge in [-0.3, -0.25) is 4.79 Å². The topological polar surface area (TPSA) is 80.1 Å². The largest absolute Gasteiger partial charge is 0.441 e. The highest BCUT2D eigenvalue weighted by Gasteiger charge is 2.20. The second-order valence-corrected chi connectivity index (χ2v) is 8.93. The van der Waals surface area contributed by atoms with Crippen molar-refractivity contribution in [3.63, 3.8) is 0 Å². The first-order chi connectivity index (χ1) is 17.2. The molecule has 0 radical (unpaired) electrons. The van der Waals surface area contributed by atoms with Crippen LogP contribution in [0.3, 0.4) is 0 Å². The van der Waals surface area contributed by atoms with Crippen molar-refractivity contribution in [2.75, 3.05) is 67.7 Å². The molecule has 184 valence electrons. The fourth-order valence-corrected chi connectivity index (χ4v) is 4.42. The van der Waals surface area contributed by atoms with Crippen LogP contribution in [0.15, 0.2) is 53.1 Å². The third kappa shape index (κ3) is 5.83. The Kier molecular flexibility index (Phi) is 7.30. The minimum atomic E-state index is -0.0614. The minimum absolute atomic E-state index is 0.0614. The molecule has 3 heterocycles. The molecule has 8 nitrogen and oxygen atoms in total. The predicted octanol–water partition coefficient (Wildman–Crippen LogP) is 3.89. The van der Waals surface area contributed by atoms with Gasteiger partial charge >= 0.3 is 0 Å². The molecule has 0 aliphatic carbocycles. The lowest BCUT2D eigenvalue weighted by Crippen LogP contribution is -2.38.